The standard InChI is InChI=1S/C26H26N2O2/c1-17-14-22(18(2)27-17)21-11-7-8-19(15-21)12-13-24(29)26-23(16-25(30)28(26)3)20-9-5-4-6-10-20/h4-11,14-15,23-24,26-27,29H,16H2,1-3H3/t23-,24-,26-/m1/s1. The zero-order chi connectivity index (χ0) is 21.3. The molecule has 30 heavy (non-hydrogen) atoms. The molecular formula is C26H26N2O2. The van der Waals surface area contributed by atoms with E-state index in [1.807, 2.05) is 55.5 Å². The molecule has 0 unspecified atom stereocenters. The summed E-state index contributed by atoms with van der Waals surface area (Å²) in [5, 5.41) is 10.9. The van der Waals surface area contributed by atoms with E-state index >= 15 is 0 Å². The zero-order valence-corrected chi connectivity index (χ0v) is 17.5. The molecule has 1 saturated heterocycles. The molecule has 2 heterocycles. The molecule has 1 fully saturated rings. The second-order valence-electron chi connectivity index (χ2n) is 8.00. The van der Waals surface area contributed by atoms with Crippen LogP contribution in [0, 0.1) is 25.7 Å². The Morgan fingerprint density at radius 2 is 1.87 bits per heavy atom. The summed E-state index contributed by atoms with van der Waals surface area (Å²) >= 11 is 0. The van der Waals surface area contributed by atoms with Gasteiger partial charge in [-0.05, 0) is 43.2 Å². The van der Waals surface area contributed by atoms with Crippen LogP contribution in [0.3, 0.4) is 0 Å². The Kier molecular flexibility index (Phi) is 5.48. The third-order valence-electron chi connectivity index (χ3n) is 5.89. The highest BCUT2D eigenvalue weighted by molar-refractivity contribution is 5.80. The summed E-state index contributed by atoms with van der Waals surface area (Å²) in [5.41, 5.74) is 6.38. The van der Waals surface area contributed by atoms with E-state index in [2.05, 4.69) is 35.9 Å². The van der Waals surface area contributed by atoms with Gasteiger partial charge in [0.1, 0.15) is 6.10 Å². The van der Waals surface area contributed by atoms with Gasteiger partial charge < -0.3 is 15.0 Å². The number of nitrogens with zero attached hydrogens (tertiary/aromatic N) is 1. The van der Waals surface area contributed by atoms with Crippen LogP contribution in [-0.4, -0.2) is 40.1 Å². The van der Waals surface area contributed by atoms with Gasteiger partial charge in [0.05, 0.1) is 6.04 Å². The number of hydrogen-bond donors (Lipinski definition) is 2. The van der Waals surface area contributed by atoms with Crippen molar-refractivity contribution in [3.8, 4) is 23.0 Å². The van der Waals surface area contributed by atoms with Gasteiger partial charge in [0, 0.05) is 41.9 Å². The number of carbonyl (C=O) groups is 1. The van der Waals surface area contributed by atoms with Gasteiger partial charge in [0.25, 0.3) is 0 Å². The lowest BCUT2D eigenvalue weighted by atomic mass is 9.88. The first-order valence-corrected chi connectivity index (χ1v) is 10.2. The van der Waals surface area contributed by atoms with Crippen molar-refractivity contribution < 1.29 is 9.90 Å². The maximum Gasteiger partial charge on any atom is 0.223 e. The molecule has 4 rings (SSSR count). The Labute approximate surface area is 177 Å². The van der Waals surface area contributed by atoms with E-state index in [4.69, 9.17) is 0 Å². The monoisotopic (exact) mass is 398 g/mol. The third-order valence-corrected chi connectivity index (χ3v) is 5.89. The predicted octanol–water partition coefficient (Wildman–Crippen LogP) is 4.03. The number of likely N-dealkylation sites (tertiary alicyclic amines) is 1. The van der Waals surface area contributed by atoms with Crippen molar-refractivity contribution in [1.82, 2.24) is 9.88 Å². The van der Waals surface area contributed by atoms with Gasteiger partial charge in [0.15, 0.2) is 0 Å². The van der Waals surface area contributed by atoms with Gasteiger partial charge in [-0.15, -0.1) is 0 Å². The summed E-state index contributed by atoms with van der Waals surface area (Å²) in [6.07, 6.45) is -0.530. The highest BCUT2D eigenvalue weighted by Crippen LogP contribution is 2.35. The number of H-pyrrole nitrogens is 1. The number of carbonyl (C=O) groups excluding carboxylic acids is 1. The molecule has 1 aromatic heterocycles. The molecule has 152 valence electrons. The number of nitrogens with one attached hydrogen (secondary N) is 1. The van der Waals surface area contributed by atoms with Crippen LogP contribution < -0.4 is 0 Å². The first kappa shape index (κ1) is 20.0. The third kappa shape index (κ3) is 3.90. The molecule has 3 atom stereocenters. The summed E-state index contributed by atoms with van der Waals surface area (Å²) in [5.74, 6) is 6.08. The fourth-order valence-electron chi connectivity index (χ4n) is 4.37. The first-order chi connectivity index (χ1) is 14.4. The van der Waals surface area contributed by atoms with E-state index in [9.17, 15) is 9.90 Å². The molecule has 0 radical (unpaired) electrons. The molecular weight excluding hydrogens is 372 g/mol. The van der Waals surface area contributed by atoms with Gasteiger partial charge in [-0.3, -0.25) is 4.79 Å². The number of aliphatic hydroxyl groups excluding tert-OH is 1. The summed E-state index contributed by atoms with van der Waals surface area (Å²) < 4.78 is 0. The van der Waals surface area contributed by atoms with Gasteiger partial charge in [-0.2, -0.15) is 0 Å². The maximum atomic E-state index is 12.3. The van der Waals surface area contributed by atoms with Crippen molar-refractivity contribution in [3.05, 3.63) is 83.2 Å². The number of rotatable bonds is 3. The van der Waals surface area contributed by atoms with E-state index in [1.165, 1.54) is 0 Å². The minimum Gasteiger partial charge on any atom is -0.378 e. The average molecular weight is 399 g/mol. The van der Waals surface area contributed by atoms with Crippen molar-refractivity contribution in [1.29, 1.82) is 0 Å². The summed E-state index contributed by atoms with van der Waals surface area (Å²) in [4.78, 5) is 17.3. The van der Waals surface area contributed by atoms with Crippen LogP contribution in [0.2, 0.25) is 0 Å². The van der Waals surface area contributed by atoms with Gasteiger partial charge in [-0.25, -0.2) is 0 Å². The number of aromatic nitrogens is 1. The Hall–Kier alpha value is -3.29. The quantitative estimate of drug-likeness (QED) is 0.655. The highest BCUT2D eigenvalue weighted by Gasteiger charge is 2.41. The number of aryl methyl sites for hydroxylation is 2. The topological polar surface area (TPSA) is 56.3 Å². The van der Waals surface area contributed by atoms with Gasteiger partial charge in [-0.1, -0.05) is 54.3 Å². The lowest BCUT2D eigenvalue weighted by molar-refractivity contribution is -0.128. The molecule has 0 aliphatic carbocycles. The summed E-state index contributed by atoms with van der Waals surface area (Å²) in [7, 11) is 1.75. The van der Waals surface area contributed by atoms with Gasteiger partial charge >= 0.3 is 0 Å². The van der Waals surface area contributed by atoms with E-state index in [1.54, 1.807) is 11.9 Å². The summed E-state index contributed by atoms with van der Waals surface area (Å²) in [6, 6.07) is 19.7. The molecule has 0 spiro atoms. The Morgan fingerprint density at radius 3 is 2.57 bits per heavy atom. The fraction of sp³-hybridized carbons (Fsp3) is 0.269. The van der Waals surface area contributed by atoms with E-state index in [-0.39, 0.29) is 17.9 Å². The van der Waals surface area contributed by atoms with Crippen LogP contribution in [0.25, 0.3) is 11.1 Å². The normalized spacial score (nSPS) is 19.5. The molecule has 4 nitrogen and oxygen atoms in total. The Balaban J connectivity index is 1.60. The number of aromatic amines is 1. The van der Waals surface area contributed by atoms with Gasteiger partial charge in [0.2, 0.25) is 5.91 Å². The van der Waals surface area contributed by atoms with E-state index in [0.29, 0.717) is 6.42 Å². The maximum absolute atomic E-state index is 12.3. The molecule has 2 aromatic carbocycles. The smallest absolute Gasteiger partial charge is 0.223 e. The van der Waals surface area contributed by atoms with Crippen LogP contribution in [0.4, 0.5) is 0 Å². The Morgan fingerprint density at radius 1 is 1.10 bits per heavy atom. The second kappa shape index (κ2) is 8.22. The second-order valence-corrected chi connectivity index (χ2v) is 8.00. The molecule has 2 N–H and O–H groups in total. The van der Waals surface area contributed by atoms with Crippen molar-refractivity contribution in [2.24, 2.45) is 0 Å². The lowest BCUT2D eigenvalue weighted by Gasteiger charge is -2.27. The SMILES string of the molecule is Cc1cc(-c2cccc(C#C[C@@H](O)[C@H]3[C@@H](c4ccccc4)CC(=O)N3C)c2)c(C)[nH]1. The minimum atomic E-state index is -0.924. The Bertz CT molecular complexity index is 1120. The minimum absolute atomic E-state index is 0.0370. The molecule has 0 bridgehead atoms. The van der Waals surface area contributed by atoms with Crippen molar-refractivity contribution in [2.75, 3.05) is 7.05 Å². The number of aliphatic hydroxyl groups is 1. The molecule has 1 aliphatic heterocycles. The zero-order valence-electron chi connectivity index (χ0n) is 17.5. The number of likely N-dealkylation sites (N-methyl/N-ethyl adjacent to an activating group) is 1. The molecule has 0 saturated carbocycles. The van der Waals surface area contributed by atoms with Crippen LogP contribution >= 0.6 is 0 Å². The number of amides is 1. The van der Waals surface area contributed by atoms with Crippen LogP contribution in [-0.2, 0) is 4.79 Å². The molecule has 4 heteroatoms. The van der Waals surface area contributed by atoms with Crippen molar-refractivity contribution >= 4 is 5.91 Å². The molecule has 3 aromatic rings. The lowest BCUT2D eigenvalue weighted by Crippen LogP contribution is -2.40. The number of benzene rings is 2. The van der Waals surface area contributed by atoms with Crippen LogP contribution in [0.1, 0.15) is 34.9 Å². The van der Waals surface area contributed by atoms with Crippen molar-refractivity contribution in [2.45, 2.75) is 38.3 Å². The van der Waals surface area contributed by atoms with Crippen LogP contribution in [0.5, 0.6) is 0 Å². The van der Waals surface area contributed by atoms with Crippen LogP contribution in [0.15, 0.2) is 60.7 Å². The van der Waals surface area contributed by atoms with E-state index < -0.39 is 6.10 Å². The predicted molar refractivity (Wildman–Crippen MR) is 119 cm³/mol. The fourth-order valence-corrected chi connectivity index (χ4v) is 4.37. The molecule has 1 aliphatic rings. The average Bonchev–Trinajstić information content (AvgIpc) is 3.25. The highest BCUT2D eigenvalue weighted by atomic mass is 16.3. The van der Waals surface area contributed by atoms with E-state index in [0.717, 1.165) is 33.6 Å². The molecule has 1 amide bonds. The summed E-state index contributed by atoms with van der Waals surface area (Å²) in [6.45, 7) is 4.10. The number of hydrogen-bond acceptors (Lipinski definition) is 2. The first-order valence-electron chi connectivity index (χ1n) is 10.2. The van der Waals surface area contributed by atoms with Crippen molar-refractivity contribution in [3.63, 3.8) is 0 Å². The largest absolute Gasteiger partial charge is 0.378 e.